The van der Waals surface area contributed by atoms with Crippen molar-refractivity contribution in [3.05, 3.63) is 64.6 Å². The second-order valence-corrected chi connectivity index (χ2v) is 7.78. The number of hydrogen-bond acceptors (Lipinski definition) is 4. The van der Waals surface area contributed by atoms with Crippen molar-refractivity contribution in [3.8, 4) is 0 Å². The Bertz CT molecular complexity index is 1070. The van der Waals surface area contributed by atoms with Gasteiger partial charge in [-0.05, 0) is 24.1 Å². The molecular formula is C17H16N2O4S. The van der Waals surface area contributed by atoms with Gasteiger partial charge in [-0.2, -0.15) is 4.31 Å². The maximum absolute atomic E-state index is 12.9. The molecule has 1 saturated heterocycles. The number of aryl methyl sites for hydroxylation is 1. The molecule has 0 bridgehead atoms. The molecule has 2 aromatic carbocycles. The predicted molar refractivity (Wildman–Crippen MR) is 89.1 cm³/mol. The summed E-state index contributed by atoms with van der Waals surface area (Å²) in [5.41, 5.74) is 1.84. The van der Waals surface area contributed by atoms with Crippen molar-refractivity contribution in [2.75, 3.05) is 6.54 Å². The number of benzene rings is 2. The summed E-state index contributed by atoms with van der Waals surface area (Å²) in [7, 11) is -2.05. The molecule has 0 spiro atoms. The van der Waals surface area contributed by atoms with Gasteiger partial charge in [0.2, 0.25) is 10.0 Å². The fraction of sp³-hybridized carbons (Fsp3) is 0.235. The number of fused-ring (bicyclic) bond motifs is 1. The van der Waals surface area contributed by atoms with E-state index in [4.69, 9.17) is 4.42 Å². The Labute approximate surface area is 139 Å². The van der Waals surface area contributed by atoms with Crippen LogP contribution in [0.15, 0.2) is 62.6 Å². The smallest absolute Gasteiger partial charge is 0.408 e. The van der Waals surface area contributed by atoms with E-state index in [-0.39, 0.29) is 16.5 Å². The molecule has 0 radical (unpaired) electrons. The van der Waals surface area contributed by atoms with Gasteiger partial charge in [-0.1, -0.05) is 30.3 Å². The summed E-state index contributed by atoms with van der Waals surface area (Å²) < 4.78 is 33.8. The molecule has 0 saturated carbocycles. The first-order valence-corrected chi connectivity index (χ1v) is 9.09. The van der Waals surface area contributed by atoms with Crippen LogP contribution in [0.25, 0.3) is 11.1 Å². The van der Waals surface area contributed by atoms with E-state index >= 15 is 0 Å². The predicted octanol–water partition coefficient (Wildman–Crippen LogP) is 2.27. The minimum Gasteiger partial charge on any atom is -0.408 e. The van der Waals surface area contributed by atoms with E-state index in [1.165, 1.54) is 21.0 Å². The van der Waals surface area contributed by atoms with Crippen LogP contribution in [0.1, 0.15) is 18.0 Å². The first-order valence-electron chi connectivity index (χ1n) is 7.65. The molecule has 1 atom stereocenters. The first-order chi connectivity index (χ1) is 11.5. The second-order valence-electron chi connectivity index (χ2n) is 5.89. The fourth-order valence-electron chi connectivity index (χ4n) is 3.07. The van der Waals surface area contributed by atoms with Gasteiger partial charge in [0.25, 0.3) is 0 Å². The minimum atomic E-state index is -3.63. The van der Waals surface area contributed by atoms with Crippen LogP contribution in [-0.2, 0) is 17.1 Å². The summed E-state index contributed by atoms with van der Waals surface area (Å²) in [5.74, 6) is -0.509. The largest absolute Gasteiger partial charge is 0.419 e. The van der Waals surface area contributed by atoms with Gasteiger partial charge in [-0.25, -0.2) is 13.2 Å². The Morgan fingerprint density at radius 1 is 1.12 bits per heavy atom. The molecule has 124 valence electrons. The number of aromatic nitrogens is 1. The van der Waals surface area contributed by atoms with Crippen molar-refractivity contribution >= 4 is 21.1 Å². The first kappa shape index (κ1) is 15.2. The highest BCUT2D eigenvalue weighted by Crippen LogP contribution is 2.38. The summed E-state index contributed by atoms with van der Waals surface area (Å²) >= 11 is 0. The zero-order valence-electron chi connectivity index (χ0n) is 13.0. The summed E-state index contributed by atoms with van der Waals surface area (Å²) in [4.78, 5) is 11.7. The SMILES string of the molecule is Cn1c(=O)oc2cc(S(=O)(=O)N3CC[C@H]3c3ccccc3)ccc21. The Morgan fingerprint density at radius 2 is 1.88 bits per heavy atom. The molecule has 1 aliphatic heterocycles. The molecular weight excluding hydrogens is 328 g/mol. The number of nitrogens with zero attached hydrogens (tertiary/aromatic N) is 2. The highest BCUT2D eigenvalue weighted by atomic mass is 32.2. The standard InChI is InChI=1S/C17H16N2O4S/c1-18-15-8-7-13(11-16(15)23-17(18)20)24(21,22)19-10-9-14(19)12-5-3-2-4-6-12/h2-8,11,14H,9-10H2,1H3/t14-/m0/s1. The highest BCUT2D eigenvalue weighted by Gasteiger charge is 2.39. The van der Waals surface area contributed by atoms with Crippen LogP contribution in [0.4, 0.5) is 0 Å². The average Bonchev–Trinajstić information content (AvgIpc) is 2.81. The van der Waals surface area contributed by atoms with Gasteiger partial charge < -0.3 is 4.42 Å². The molecule has 3 aromatic rings. The third kappa shape index (κ3) is 2.20. The molecule has 7 heteroatoms. The Morgan fingerprint density at radius 3 is 2.54 bits per heavy atom. The maximum atomic E-state index is 12.9. The van der Waals surface area contributed by atoms with Crippen molar-refractivity contribution in [1.82, 2.24) is 8.87 Å². The average molecular weight is 344 g/mol. The maximum Gasteiger partial charge on any atom is 0.419 e. The molecule has 0 amide bonds. The number of rotatable bonds is 3. The van der Waals surface area contributed by atoms with E-state index in [0.717, 1.165) is 12.0 Å². The van der Waals surface area contributed by atoms with Crippen LogP contribution < -0.4 is 5.76 Å². The molecule has 0 aliphatic carbocycles. The number of oxazole rings is 1. The zero-order valence-corrected chi connectivity index (χ0v) is 13.9. The third-order valence-electron chi connectivity index (χ3n) is 4.53. The lowest BCUT2D eigenvalue weighted by Gasteiger charge is -2.39. The summed E-state index contributed by atoms with van der Waals surface area (Å²) in [6.45, 7) is 0.485. The summed E-state index contributed by atoms with van der Waals surface area (Å²) in [5, 5.41) is 0. The molecule has 6 nitrogen and oxygen atoms in total. The molecule has 24 heavy (non-hydrogen) atoms. The summed E-state index contributed by atoms with van der Waals surface area (Å²) in [6.07, 6.45) is 0.798. The highest BCUT2D eigenvalue weighted by molar-refractivity contribution is 7.89. The monoisotopic (exact) mass is 344 g/mol. The molecule has 0 N–H and O–H groups in total. The quantitative estimate of drug-likeness (QED) is 0.731. The molecule has 1 aliphatic rings. The van der Waals surface area contributed by atoms with E-state index in [0.29, 0.717) is 12.1 Å². The lowest BCUT2D eigenvalue weighted by molar-refractivity contribution is 0.202. The van der Waals surface area contributed by atoms with E-state index in [1.54, 1.807) is 13.1 Å². The van der Waals surface area contributed by atoms with Crippen molar-refractivity contribution in [1.29, 1.82) is 0 Å². The van der Waals surface area contributed by atoms with Crippen LogP contribution in [-0.4, -0.2) is 23.8 Å². The van der Waals surface area contributed by atoms with E-state index in [2.05, 4.69) is 0 Å². The lowest BCUT2D eigenvalue weighted by atomic mass is 9.98. The van der Waals surface area contributed by atoms with Gasteiger partial charge >= 0.3 is 5.76 Å². The fourth-order valence-corrected chi connectivity index (χ4v) is 4.74. The van der Waals surface area contributed by atoms with Crippen molar-refractivity contribution in [2.24, 2.45) is 7.05 Å². The topological polar surface area (TPSA) is 72.5 Å². The molecule has 1 fully saturated rings. The third-order valence-corrected chi connectivity index (χ3v) is 6.43. The van der Waals surface area contributed by atoms with Gasteiger partial charge in [0.1, 0.15) is 0 Å². The van der Waals surface area contributed by atoms with Crippen molar-refractivity contribution < 1.29 is 12.8 Å². The van der Waals surface area contributed by atoms with Gasteiger partial charge in [-0.3, -0.25) is 4.57 Å². The van der Waals surface area contributed by atoms with Gasteiger partial charge in [0.05, 0.1) is 16.5 Å². The Hall–Kier alpha value is -2.38. The lowest BCUT2D eigenvalue weighted by Crippen LogP contribution is -2.44. The van der Waals surface area contributed by atoms with Gasteiger partial charge in [-0.15, -0.1) is 0 Å². The molecule has 1 aromatic heterocycles. The van der Waals surface area contributed by atoms with Gasteiger partial charge in [0.15, 0.2) is 5.58 Å². The van der Waals surface area contributed by atoms with Crippen LogP contribution in [0.3, 0.4) is 0 Å². The van der Waals surface area contributed by atoms with Crippen LogP contribution in [0.5, 0.6) is 0 Å². The van der Waals surface area contributed by atoms with Crippen molar-refractivity contribution in [2.45, 2.75) is 17.4 Å². The molecule has 2 heterocycles. The minimum absolute atomic E-state index is 0.144. The number of sulfonamides is 1. The van der Waals surface area contributed by atoms with E-state index in [1.807, 2.05) is 30.3 Å². The van der Waals surface area contributed by atoms with Crippen LogP contribution in [0, 0.1) is 0 Å². The second kappa shape index (κ2) is 5.32. The van der Waals surface area contributed by atoms with Crippen LogP contribution in [0.2, 0.25) is 0 Å². The number of hydrogen-bond donors (Lipinski definition) is 0. The van der Waals surface area contributed by atoms with Gasteiger partial charge in [0, 0.05) is 19.7 Å². The normalized spacial score (nSPS) is 18.6. The van der Waals surface area contributed by atoms with E-state index in [9.17, 15) is 13.2 Å². The van der Waals surface area contributed by atoms with E-state index < -0.39 is 15.8 Å². The van der Waals surface area contributed by atoms with Crippen molar-refractivity contribution in [3.63, 3.8) is 0 Å². The Kier molecular flexibility index (Phi) is 3.36. The molecule has 4 rings (SSSR count). The Balaban J connectivity index is 1.74. The molecule has 0 unspecified atom stereocenters. The summed E-state index contributed by atoms with van der Waals surface area (Å²) in [6, 6.07) is 14.0. The van der Waals surface area contributed by atoms with Crippen LogP contribution >= 0.6 is 0 Å². The zero-order chi connectivity index (χ0) is 16.9.